The van der Waals surface area contributed by atoms with Gasteiger partial charge in [0.05, 0.1) is 11.4 Å². The molecule has 0 radical (unpaired) electrons. The number of para-hydroxylation sites is 2. The molecule has 306 valence electrons. The summed E-state index contributed by atoms with van der Waals surface area (Å²) in [5, 5.41) is 0. The van der Waals surface area contributed by atoms with Crippen molar-refractivity contribution in [1.82, 2.24) is 0 Å². The van der Waals surface area contributed by atoms with Crippen molar-refractivity contribution in [1.29, 1.82) is 0 Å². The molecule has 0 saturated carbocycles. The van der Waals surface area contributed by atoms with Crippen LogP contribution in [0, 0.1) is 27.7 Å². The molecule has 8 rings (SSSR count). The Kier molecular flexibility index (Phi) is 12.8. The first-order chi connectivity index (χ1) is 30.3. The normalized spacial score (nSPS) is 11.4. The van der Waals surface area contributed by atoms with E-state index < -0.39 is 0 Å². The molecule has 62 heavy (non-hydrogen) atoms. The molecule has 0 unspecified atom stereocenters. The third-order valence-electron chi connectivity index (χ3n) is 11.8. The molecule has 0 heterocycles. The van der Waals surface area contributed by atoms with Crippen LogP contribution in [0.2, 0.25) is 0 Å². The van der Waals surface area contributed by atoms with Crippen LogP contribution in [0.25, 0.3) is 35.4 Å². The van der Waals surface area contributed by atoms with Gasteiger partial charge in [0, 0.05) is 22.7 Å². The van der Waals surface area contributed by atoms with E-state index in [1.54, 1.807) is 0 Å². The zero-order valence-electron chi connectivity index (χ0n) is 36.9. The first-order valence-electron chi connectivity index (χ1n) is 22.0. The van der Waals surface area contributed by atoms with Gasteiger partial charge in [0.25, 0.3) is 0 Å². The Labute approximate surface area is 369 Å². The molecule has 2 heteroatoms. The van der Waals surface area contributed by atoms with E-state index >= 15 is 0 Å². The predicted octanol–water partition coefficient (Wildman–Crippen LogP) is 17.0. The third-order valence-corrected chi connectivity index (χ3v) is 11.8. The van der Waals surface area contributed by atoms with Crippen LogP contribution >= 0.6 is 0 Å². The van der Waals surface area contributed by atoms with Gasteiger partial charge >= 0.3 is 0 Å². The number of anilines is 6. The fourth-order valence-corrected chi connectivity index (χ4v) is 8.28. The molecule has 0 aliphatic rings. The summed E-state index contributed by atoms with van der Waals surface area (Å²) in [7, 11) is 0. The summed E-state index contributed by atoms with van der Waals surface area (Å²) in [5.74, 6) is 0. The molecule has 0 amide bonds. The van der Waals surface area contributed by atoms with Crippen LogP contribution in [-0.2, 0) is 12.8 Å². The van der Waals surface area contributed by atoms with Crippen molar-refractivity contribution in [3.8, 4) is 11.1 Å². The average molecular weight is 805 g/mol. The third kappa shape index (κ3) is 9.41. The lowest BCUT2D eigenvalue weighted by Crippen LogP contribution is -2.13. The highest BCUT2D eigenvalue weighted by atomic mass is 15.2. The summed E-state index contributed by atoms with van der Waals surface area (Å²) in [4.78, 5) is 4.80. The van der Waals surface area contributed by atoms with E-state index in [1.807, 2.05) is 0 Å². The average Bonchev–Trinajstić information content (AvgIpc) is 3.31. The summed E-state index contributed by atoms with van der Waals surface area (Å²) in [6, 6.07) is 66.3. The molecule has 0 aliphatic carbocycles. The fourth-order valence-electron chi connectivity index (χ4n) is 8.28. The maximum Gasteiger partial charge on any atom is 0.0522 e. The molecule has 0 saturated heterocycles. The lowest BCUT2D eigenvalue weighted by molar-refractivity contribution is 1.10. The standard InChI is InChI=1S/C60H56N2/c1-7-51-13-9-11-45(5)59(51)61(55-35-15-43(3)16-36-55)57-39-27-49(28-40-57)21-19-47-23-31-53(32-24-47)54-33-25-48(26-34-54)20-22-50-29-41-58(42-30-50)62(56-37-17-44(4)18-38-56)60-46(6)12-10-14-52(60)8-2/h9-42H,7-8H2,1-6H3. The number of benzene rings is 8. The Morgan fingerprint density at radius 3 is 0.887 bits per heavy atom. The molecule has 0 N–H and O–H groups in total. The molecule has 0 spiro atoms. The SMILES string of the molecule is CCc1cccc(C)c1N(c1ccc(C)cc1)c1ccc(C=Cc2ccc(-c3ccc(C=Cc4ccc(N(c5ccc(C)cc5)c5c(C)cccc5CC)cc4)cc3)cc2)cc1. The Balaban J connectivity index is 0.932. The Hall–Kier alpha value is -7.16. The summed E-state index contributed by atoms with van der Waals surface area (Å²) < 4.78 is 0. The molecule has 0 bridgehead atoms. The van der Waals surface area contributed by atoms with E-state index in [1.165, 1.54) is 89.5 Å². The lowest BCUT2D eigenvalue weighted by atomic mass is 10.0. The quantitative estimate of drug-likeness (QED) is 0.107. The lowest BCUT2D eigenvalue weighted by Gasteiger charge is -2.29. The second-order valence-corrected chi connectivity index (χ2v) is 16.3. The van der Waals surface area contributed by atoms with Gasteiger partial charge in [-0.25, -0.2) is 0 Å². The second kappa shape index (κ2) is 19.0. The number of hydrogen-bond acceptors (Lipinski definition) is 2. The van der Waals surface area contributed by atoms with Crippen LogP contribution in [0.1, 0.15) is 69.5 Å². The first kappa shape index (κ1) is 41.6. The van der Waals surface area contributed by atoms with Crippen molar-refractivity contribution in [2.75, 3.05) is 9.80 Å². The van der Waals surface area contributed by atoms with Crippen molar-refractivity contribution >= 4 is 58.4 Å². The number of aryl methyl sites for hydroxylation is 6. The van der Waals surface area contributed by atoms with Gasteiger partial charge in [0.15, 0.2) is 0 Å². The predicted molar refractivity (Wildman–Crippen MR) is 270 cm³/mol. The van der Waals surface area contributed by atoms with Crippen molar-refractivity contribution < 1.29 is 0 Å². The highest BCUT2D eigenvalue weighted by Gasteiger charge is 2.19. The van der Waals surface area contributed by atoms with Crippen LogP contribution in [-0.4, -0.2) is 0 Å². The zero-order valence-corrected chi connectivity index (χ0v) is 36.9. The number of rotatable bonds is 13. The molecule has 0 aromatic heterocycles. The molecule has 0 atom stereocenters. The maximum atomic E-state index is 2.40. The van der Waals surface area contributed by atoms with Gasteiger partial charge in [0.2, 0.25) is 0 Å². The largest absolute Gasteiger partial charge is 0.310 e. The van der Waals surface area contributed by atoms with Crippen LogP contribution < -0.4 is 9.80 Å². The minimum absolute atomic E-state index is 0.975. The minimum atomic E-state index is 0.975. The molecule has 8 aromatic rings. The topological polar surface area (TPSA) is 6.48 Å². The van der Waals surface area contributed by atoms with Gasteiger partial charge in [-0.15, -0.1) is 0 Å². The van der Waals surface area contributed by atoms with Gasteiger partial charge in [-0.1, -0.05) is 183 Å². The number of hydrogen-bond donors (Lipinski definition) is 0. The van der Waals surface area contributed by atoms with E-state index in [0.717, 1.165) is 24.2 Å². The molecule has 0 fully saturated rings. The smallest absolute Gasteiger partial charge is 0.0522 e. The second-order valence-electron chi connectivity index (χ2n) is 16.3. The summed E-state index contributed by atoms with van der Waals surface area (Å²) in [6.45, 7) is 13.2. The zero-order chi connectivity index (χ0) is 43.0. The number of nitrogens with zero attached hydrogens (tertiary/aromatic N) is 2. The van der Waals surface area contributed by atoms with Gasteiger partial charge in [-0.3, -0.25) is 0 Å². The summed E-state index contributed by atoms with van der Waals surface area (Å²) in [6.07, 6.45) is 10.7. The van der Waals surface area contributed by atoms with Crippen molar-refractivity contribution in [2.45, 2.75) is 54.4 Å². The molecule has 0 aliphatic heterocycles. The van der Waals surface area contributed by atoms with E-state index in [0.29, 0.717) is 0 Å². The first-order valence-corrected chi connectivity index (χ1v) is 22.0. The fraction of sp³-hybridized carbons (Fsp3) is 0.133. The van der Waals surface area contributed by atoms with Crippen molar-refractivity contribution in [2.24, 2.45) is 0 Å². The van der Waals surface area contributed by atoms with Crippen LogP contribution in [0.15, 0.2) is 182 Å². The minimum Gasteiger partial charge on any atom is -0.310 e. The van der Waals surface area contributed by atoms with E-state index in [9.17, 15) is 0 Å². The Morgan fingerprint density at radius 2 is 0.597 bits per heavy atom. The van der Waals surface area contributed by atoms with E-state index in [-0.39, 0.29) is 0 Å². The van der Waals surface area contributed by atoms with Crippen LogP contribution in [0.5, 0.6) is 0 Å². The Morgan fingerprint density at radius 1 is 0.323 bits per heavy atom. The van der Waals surface area contributed by atoms with Gasteiger partial charge in [0.1, 0.15) is 0 Å². The Bertz CT molecular complexity index is 2590. The van der Waals surface area contributed by atoms with Gasteiger partial charge in [-0.2, -0.15) is 0 Å². The molecular formula is C60H56N2. The summed E-state index contributed by atoms with van der Waals surface area (Å²) in [5.41, 5.74) is 22.0. The van der Waals surface area contributed by atoms with Gasteiger partial charge < -0.3 is 9.80 Å². The molecular weight excluding hydrogens is 749 g/mol. The summed E-state index contributed by atoms with van der Waals surface area (Å²) >= 11 is 0. The molecule has 2 nitrogen and oxygen atoms in total. The van der Waals surface area contributed by atoms with E-state index in [2.05, 4.69) is 258 Å². The maximum absolute atomic E-state index is 2.40. The molecule has 8 aromatic carbocycles. The van der Waals surface area contributed by atoms with Crippen molar-refractivity contribution in [3.05, 3.63) is 238 Å². The van der Waals surface area contributed by atoms with Crippen LogP contribution in [0.4, 0.5) is 34.1 Å². The highest BCUT2D eigenvalue weighted by Crippen LogP contribution is 2.41. The van der Waals surface area contributed by atoms with Crippen molar-refractivity contribution in [3.63, 3.8) is 0 Å². The monoisotopic (exact) mass is 804 g/mol. The van der Waals surface area contributed by atoms with Gasteiger partial charge in [-0.05, 0) is 145 Å². The van der Waals surface area contributed by atoms with E-state index in [4.69, 9.17) is 0 Å². The van der Waals surface area contributed by atoms with Crippen LogP contribution in [0.3, 0.4) is 0 Å². The highest BCUT2D eigenvalue weighted by molar-refractivity contribution is 5.83.